The van der Waals surface area contributed by atoms with E-state index in [9.17, 15) is 9.59 Å². The number of aliphatic hydroxyl groups is 1. The number of carbonyl (C=O) groups is 2. The van der Waals surface area contributed by atoms with Gasteiger partial charge in [0.25, 0.3) is 0 Å². The second-order valence-electron chi connectivity index (χ2n) is 11.6. The molecule has 49 heavy (non-hydrogen) atoms. The van der Waals surface area contributed by atoms with Crippen LogP contribution in [0.15, 0.2) is 109 Å². The maximum atomic E-state index is 12.1. The number of carbonyl (C=O) groups excluding carboxylic acids is 2. The molecule has 10 heteroatoms. The Labute approximate surface area is 288 Å². The molecule has 4 aromatic carbocycles. The van der Waals surface area contributed by atoms with Crippen molar-refractivity contribution in [2.45, 2.75) is 44.4 Å². The van der Waals surface area contributed by atoms with Crippen LogP contribution in [0.3, 0.4) is 0 Å². The van der Waals surface area contributed by atoms with Gasteiger partial charge in [-0.15, -0.1) is 0 Å². The Hall–Kier alpha value is -5.26. The van der Waals surface area contributed by atoms with E-state index >= 15 is 0 Å². The number of primary amides is 1. The first-order valence-corrected chi connectivity index (χ1v) is 15.6. The highest BCUT2D eigenvalue weighted by atomic mass is 16.5. The highest BCUT2D eigenvalue weighted by molar-refractivity contribution is 5.89. The summed E-state index contributed by atoms with van der Waals surface area (Å²) in [6.07, 6.45) is 1.26. The number of rotatable bonds is 4. The first kappa shape index (κ1) is 36.6. The highest BCUT2D eigenvalue weighted by Gasteiger charge is 2.35. The molecule has 0 radical (unpaired) electrons. The molecule has 2 unspecified atom stereocenters. The van der Waals surface area contributed by atoms with Gasteiger partial charge in [-0.05, 0) is 40.8 Å². The number of methoxy groups -OCH3 is 1. The van der Waals surface area contributed by atoms with E-state index in [4.69, 9.17) is 15.6 Å². The van der Waals surface area contributed by atoms with Crippen LogP contribution in [0.25, 0.3) is 21.8 Å². The second kappa shape index (κ2) is 16.2. The van der Waals surface area contributed by atoms with Crippen LogP contribution in [0.4, 0.5) is 0 Å². The molecule has 258 valence electrons. The molecular formula is C39H48N6O4. The minimum Gasteiger partial charge on any atom is -0.468 e. The Morgan fingerprint density at radius 3 is 1.49 bits per heavy atom. The molecule has 10 N–H and O–H groups in total. The zero-order valence-electron chi connectivity index (χ0n) is 27.1. The molecular weight excluding hydrogens is 616 g/mol. The molecule has 6 aromatic rings. The number of fused-ring (bicyclic) bond motifs is 6. The summed E-state index contributed by atoms with van der Waals surface area (Å²) in [5, 5.41) is 16.2. The van der Waals surface area contributed by atoms with Gasteiger partial charge in [-0.1, -0.05) is 104 Å². The van der Waals surface area contributed by atoms with Crippen LogP contribution < -0.4 is 22.5 Å². The van der Waals surface area contributed by atoms with Crippen LogP contribution in [0.1, 0.15) is 54.6 Å². The monoisotopic (exact) mass is 665 g/mol. The van der Waals surface area contributed by atoms with Crippen molar-refractivity contribution >= 4 is 33.7 Å². The third kappa shape index (κ3) is 7.28. The Kier molecular flexibility index (Phi) is 12.1. The number of esters is 1. The van der Waals surface area contributed by atoms with Crippen molar-refractivity contribution in [1.29, 1.82) is 0 Å². The van der Waals surface area contributed by atoms with E-state index in [1.807, 2.05) is 60.7 Å². The van der Waals surface area contributed by atoms with E-state index in [0.717, 1.165) is 40.7 Å². The van der Waals surface area contributed by atoms with Gasteiger partial charge < -0.3 is 31.7 Å². The Bertz CT molecular complexity index is 2000. The van der Waals surface area contributed by atoms with Crippen molar-refractivity contribution < 1.29 is 20.9 Å². The van der Waals surface area contributed by atoms with Gasteiger partial charge in [-0.3, -0.25) is 20.2 Å². The lowest BCUT2D eigenvalue weighted by Gasteiger charge is -2.30. The van der Waals surface area contributed by atoms with Gasteiger partial charge >= 0.3 is 5.97 Å². The van der Waals surface area contributed by atoms with Gasteiger partial charge in [0.15, 0.2) is 0 Å². The normalized spacial score (nSPS) is 18.9. The molecule has 2 aliphatic heterocycles. The average molecular weight is 666 g/mol. The number of ether oxygens (including phenoxy) is 1. The number of aliphatic hydroxyl groups excluding tert-OH is 1. The molecule has 2 aliphatic rings. The lowest BCUT2D eigenvalue weighted by Crippen LogP contribution is -2.47. The van der Waals surface area contributed by atoms with Crippen LogP contribution in [0.5, 0.6) is 0 Å². The number of nitrogens with two attached hydrogens (primary N) is 1. The number of hydrogen-bond donors (Lipinski definition) is 7. The lowest BCUT2D eigenvalue weighted by atomic mass is 9.90. The summed E-state index contributed by atoms with van der Waals surface area (Å²) < 4.78 is 4.97. The fourth-order valence-electron chi connectivity index (χ4n) is 6.76. The maximum Gasteiger partial charge on any atom is 0.323 e. The Balaban J connectivity index is 0.000000244. The molecule has 4 atom stereocenters. The third-order valence-electron chi connectivity index (χ3n) is 8.92. The molecule has 1 amide bonds. The van der Waals surface area contributed by atoms with Gasteiger partial charge in [0, 0.05) is 48.2 Å². The van der Waals surface area contributed by atoms with E-state index in [-0.39, 0.29) is 51.0 Å². The molecule has 0 aliphatic carbocycles. The minimum atomic E-state index is -0.350. The number of aromatic nitrogens is 2. The first-order valence-electron chi connectivity index (χ1n) is 15.6. The predicted octanol–water partition coefficient (Wildman–Crippen LogP) is 5.85. The van der Waals surface area contributed by atoms with Crippen molar-refractivity contribution in [2.75, 3.05) is 14.2 Å². The molecule has 0 fully saturated rings. The summed E-state index contributed by atoms with van der Waals surface area (Å²) in [6.45, 7) is 0. The van der Waals surface area contributed by atoms with Crippen molar-refractivity contribution in [1.82, 2.24) is 26.8 Å². The molecule has 4 heterocycles. The van der Waals surface area contributed by atoms with Gasteiger partial charge in [0.05, 0.1) is 25.2 Å². The van der Waals surface area contributed by atoms with Crippen LogP contribution in [0.2, 0.25) is 0 Å². The largest absolute Gasteiger partial charge is 0.468 e. The molecule has 2 aromatic heterocycles. The smallest absolute Gasteiger partial charge is 0.323 e. The lowest BCUT2D eigenvalue weighted by molar-refractivity contribution is -0.143. The van der Waals surface area contributed by atoms with Crippen molar-refractivity contribution in [3.8, 4) is 0 Å². The number of aromatic amines is 2. The molecule has 10 nitrogen and oxygen atoms in total. The van der Waals surface area contributed by atoms with Gasteiger partial charge in [0.1, 0.15) is 6.04 Å². The molecule has 0 saturated heterocycles. The van der Waals surface area contributed by atoms with E-state index in [2.05, 4.69) is 69.1 Å². The second-order valence-corrected chi connectivity index (χ2v) is 11.6. The van der Waals surface area contributed by atoms with Crippen LogP contribution >= 0.6 is 0 Å². The number of para-hydroxylation sites is 2. The maximum absolute atomic E-state index is 12.1. The quantitative estimate of drug-likeness (QED) is 0.115. The zero-order chi connectivity index (χ0) is 32.9. The molecule has 0 saturated carbocycles. The molecule has 8 rings (SSSR count). The van der Waals surface area contributed by atoms with Crippen LogP contribution in [-0.2, 0) is 27.2 Å². The first-order chi connectivity index (χ1) is 23.0. The van der Waals surface area contributed by atoms with Gasteiger partial charge in [0.2, 0.25) is 5.91 Å². The topological polar surface area (TPSA) is 180 Å². The number of hydrogen-bond acceptors (Lipinski definition) is 7. The minimum absolute atomic E-state index is 0. The van der Waals surface area contributed by atoms with Crippen LogP contribution in [0, 0.1) is 0 Å². The van der Waals surface area contributed by atoms with E-state index in [0.29, 0.717) is 12.8 Å². The van der Waals surface area contributed by atoms with E-state index in [1.54, 1.807) is 0 Å². The fraction of sp³-hybridized carbons (Fsp3) is 0.231. The van der Waals surface area contributed by atoms with Crippen molar-refractivity contribution in [2.24, 2.45) is 5.73 Å². The summed E-state index contributed by atoms with van der Waals surface area (Å²) in [6, 6.07) is 36.0. The van der Waals surface area contributed by atoms with E-state index < -0.39 is 0 Å². The molecule has 0 spiro atoms. The molecule has 0 bridgehead atoms. The summed E-state index contributed by atoms with van der Waals surface area (Å²) in [5.74, 6) is -0.529. The number of benzene rings is 4. The van der Waals surface area contributed by atoms with Crippen LogP contribution in [-0.4, -0.2) is 53.3 Å². The highest BCUT2D eigenvalue weighted by Crippen LogP contribution is 2.36. The summed E-state index contributed by atoms with van der Waals surface area (Å²) in [7, 11) is 2.44. The fourth-order valence-corrected chi connectivity index (χ4v) is 6.76. The summed E-state index contributed by atoms with van der Waals surface area (Å²) in [4.78, 5) is 30.9. The van der Waals surface area contributed by atoms with Crippen molar-refractivity contribution in [3.05, 3.63) is 143 Å². The number of nitrogens with one attached hydrogen (secondary N) is 4. The Morgan fingerprint density at radius 2 is 1.06 bits per heavy atom. The summed E-state index contributed by atoms with van der Waals surface area (Å²) >= 11 is 0. The Morgan fingerprint density at radius 1 is 0.673 bits per heavy atom. The van der Waals surface area contributed by atoms with Gasteiger partial charge in [-0.2, -0.15) is 0 Å². The zero-order valence-corrected chi connectivity index (χ0v) is 27.1. The third-order valence-corrected chi connectivity index (χ3v) is 8.92. The number of amides is 1. The standard InChI is InChI=1S/C19H18N2O2.C18H17N3O.CH4O.CH4.H3N.H2/c1-23-19(22)16-11-14-13-9-5-6-10-15(13)20-18(14)17(21-16)12-7-3-2-4-8-12;19-18(22)15-10-13-12-8-4-5-9-14(12)20-17(13)16(21-15)11-6-2-1-3-7-11;1-2;;;/h2-10,16-17,20-21H,11H2,1H3;1-9,15-16,20-21H,10H2,(H2,19,22);2H,1H3;1H4;1H3;1H/t16-,17?;15-,16?;;;;/m00..../s1/i;;;;;1+1. The van der Waals surface area contributed by atoms with E-state index in [1.165, 1.54) is 29.0 Å². The summed E-state index contributed by atoms with van der Waals surface area (Å²) in [5.41, 5.74) is 14.7. The average Bonchev–Trinajstić information content (AvgIpc) is 3.71. The van der Waals surface area contributed by atoms with Crippen molar-refractivity contribution in [3.63, 3.8) is 0 Å². The predicted molar refractivity (Wildman–Crippen MR) is 198 cm³/mol. The number of H-pyrrole nitrogens is 2. The van der Waals surface area contributed by atoms with Gasteiger partial charge in [-0.25, -0.2) is 0 Å². The SMILES string of the molecule is C.CO.COC(=O)[C@@H]1Cc2c([nH]c3ccccc23)C(c2ccccc2)N1.N.NC(=O)[C@@H]1Cc2c([nH]c3ccccc23)C(c2ccccc2)N1.[2HH].